The van der Waals surface area contributed by atoms with Crippen molar-refractivity contribution in [2.24, 2.45) is 0 Å². The molecule has 1 aliphatic rings. The van der Waals surface area contributed by atoms with Gasteiger partial charge in [0.25, 0.3) is 0 Å². The number of hydrogen-bond acceptors (Lipinski definition) is 4. The molecule has 2 aromatic rings. The van der Waals surface area contributed by atoms with E-state index in [1.54, 1.807) is 12.1 Å². The third kappa shape index (κ3) is 3.74. The first kappa shape index (κ1) is 14.3. The Labute approximate surface area is 128 Å². The summed E-state index contributed by atoms with van der Waals surface area (Å²) in [5, 5.41) is 11.1. The van der Waals surface area contributed by atoms with Crippen LogP contribution in [0.4, 0.5) is 8.78 Å². The highest BCUT2D eigenvalue weighted by atomic mass is 79.9. The summed E-state index contributed by atoms with van der Waals surface area (Å²) < 4.78 is 32.5. The first-order valence-corrected chi connectivity index (χ1v) is 7.29. The van der Waals surface area contributed by atoms with Gasteiger partial charge >= 0.3 is 0 Å². The van der Waals surface area contributed by atoms with E-state index in [2.05, 4.69) is 31.4 Å². The Kier molecular flexibility index (Phi) is 4.12. The van der Waals surface area contributed by atoms with Gasteiger partial charge in [-0.3, -0.25) is 0 Å². The molecule has 1 fully saturated rings. The molecule has 0 bridgehead atoms. The van der Waals surface area contributed by atoms with Crippen molar-refractivity contribution in [2.45, 2.75) is 25.4 Å². The van der Waals surface area contributed by atoms with Gasteiger partial charge in [0.05, 0.1) is 5.69 Å². The second kappa shape index (κ2) is 6.03. The fourth-order valence-electron chi connectivity index (χ4n) is 1.75. The first-order chi connectivity index (χ1) is 10.1. The molecule has 0 spiro atoms. The Morgan fingerprint density at radius 3 is 2.71 bits per heavy atom. The van der Waals surface area contributed by atoms with Crippen molar-refractivity contribution >= 4 is 15.9 Å². The van der Waals surface area contributed by atoms with Crippen molar-refractivity contribution in [3.8, 4) is 11.6 Å². The second-order valence-corrected chi connectivity index (χ2v) is 5.74. The molecule has 1 N–H and O–H groups in total. The summed E-state index contributed by atoms with van der Waals surface area (Å²) in [4.78, 5) is 0. The third-order valence-electron chi connectivity index (χ3n) is 3.02. The van der Waals surface area contributed by atoms with E-state index in [-0.39, 0.29) is 11.6 Å². The van der Waals surface area contributed by atoms with Crippen LogP contribution in [0, 0.1) is 11.6 Å². The highest BCUT2D eigenvalue weighted by molar-refractivity contribution is 9.10. The summed E-state index contributed by atoms with van der Waals surface area (Å²) in [6, 6.07) is 6.27. The summed E-state index contributed by atoms with van der Waals surface area (Å²) in [5.41, 5.74) is 0.773. The van der Waals surface area contributed by atoms with Crippen molar-refractivity contribution in [3.05, 3.63) is 46.1 Å². The van der Waals surface area contributed by atoms with Gasteiger partial charge in [-0.15, -0.1) is 5.10 Å². The summed E-state index contributed by atoms with van der Waals surface area (Å²) in [6.07, 6.45) is 2.39. The molecule has 0 saturated heterocycles. The first-order valence-electron chi connectivity index (χ1n) is 6.50. The van der Waals surface area contributed by atoms with Gasteiger partial charge in [-0.1, -0.05) is 15.9 Å². The maximum Gasteiger partial charge on any atom is 0.239 e. The van der Waals surface area contributed by atoms with Crippen LogP contribution in [0.15, 0.2) is 28.7 Å². The number of halogens is 3. The second-order valence-electron chi connectivity index (χ2n) is 4.82. The molecule has 0 atom stereocenters. The Bertz CT molecular complexity index is 647. The van der Waals surface area contributed by atoms with Gasteiger partial charge in [-0.25, -0.2) is 4.39 Å². The topological polar surface area (TPSA) is 47.0 Å². The Morgan fingerprint density at radius 2 is 2.05 bits per heavy atom. The van der Waals surface area contributed by atoms with E-state index in [9.17, 15) is 8.78 Å². The molecular formula is C14H12BrF2N3O. The zero-order valence-electron chi connectivity index (χ0n) is 10.9. The van der Waals surface area contributed by atoms with Crippen molar-refractivity contribution in [3.63, 3.8) is 0 Å². The highest BCUT2D eigenvalue weighted by Gasteiger charge is 2.20. The van der Waals surface area contributed by atoms with Crippen LogP contribution in [0.25, 0.3) is 0 Å². The lowest BCUT2D eigenvalue weighted by molar-refractivity contribution is 0.400. The van der Waals surface area contributed by atoms with Gasteiger partial charge in [-0.05, 0) is 31.0 Å². The van der Waals surface area contributed by atoms with E-state index in [0.29, 0.717) is 17.1 Å². The molecule has 1 aromatic carbocycles. The summed E-state index contributed by atoms with van der Waals surface area (Å²) in [5.74, 6) is -2.17. The average Bonchev–Trinajstić information content (AvgIpc) is 3.28. The molecule has 1 saturated carbocycles. The van der Waals surface area contributed by atoms with Crippen LogP contribution < -0.4 is 10.1 Å². The van der Waals surface area contributed by atoms with Gasteiger partial charge in [0.2, 0.25) is 11.7 Å². The van der Waals surface area contributed by atoms with Crippen LogP contribution in [0.1, 0.15) is 18.5 Å². The van der Waals surface area contributed by atoms with E-state index in [4.69, 9.17) is 4.74 Å². The van der Waals surface area contributed by atoms with E-state index in [1.165, 1.54) is 18.9 Å². The van der Waals surface area contributed by atoms with Crippen LogP contribution in [0.5, 0.6) is 11.6 Å². The van der Waals surface area contributed by atoms with Crippen LogP contribution in [-0.2, 0) is 6.54 Å². The minimum Gasteiger partial charge on any atom is -0.434 e. The van der Waals surface area contributed by atoms with Gasteiger partial charge < -0.3 is 10.1 Å². The average molecular weight is 356 g/mol. The molecule has 0 radical (unpaired) electrons. The molecule has 110 valence electrons. The zero-order chi connectivity index (χ0) is 14.8. The molecule has 1 aromatic heterocycles. The predicted molar refractivity (Wildman–Crippen MR) is 76.0 cm³/mol. The van der Waals surface area contributed by atoms with Crippen LogP contribution in [0.2, 0.25) is 0 Å². The number of rotatable bonds is 5. The zero-order valence-corrected chi connectivity index (χ0v) is 12.5. The molecule has 0 unspecified atom stereocenters. The largest absolute Gasteiger partial charge is 0.434 e. The van der Waals surface area contributed by atoms with E-state index in [0.717, 1.165) is 11.8 Å². The van der Waals surface area contributed by atoms with Crippen LogP contribution >= 0.6 is 15.9 Å². The minimum absolute atomic E-state index is 0.113. The highest BCUT2D eigenvalue weighted by Crippen LogP contribution is 2.28. The minimum atomic E-state index is -1.06. The Morgan fingerprint density at radius 1 is 1.24 bits per heavy atom. The third-order valence-corrected chi connectivity index (χ3v) is 3.48. The van der Waals surface area contributed by atoms with Crippen molar-refractivity contribution in [2.75, 3.05) is 0 Å². The maximum atomic E-state index is 13.6. The number of nitrogens with zero attached hydrogens (tertiary/aromatic N) is 2. The molecule has 0 aliphatic heterocycles. The summed E-state index contributed by atoms with van der Waals surface area (Å²) >= 11 is 3.08. The molecule has 1 heterocycles. The molecule has 4 nitrogen and oxygen atoms in total. The van der Waals surface area contributed by atoms with Gasteiger partial charge in [0.15, 0.2) is 11.6 Å². The van der Waals surface area contributed by atoms with E-state index >= 15 is 0 Å². The summed E-state index contributed by atoms with van der Waals surface area (Å²) in [7, 11) is 0. The maximum absolute atomic E-state index is 13.6. The van der Waals surface area contributed by atoms with Crippen molar-refractivity contribution in [1.82, 2.24) is 15.5 Å². The summed E-state index contributed by atoms with van der Waals surface area (Å²) in [6.45, 7) is 0.637. The fourth-order valence-corrected chi connectivity index (χ4v) is 2.16. The Balaban J connectivity index is 1.69. The molecule has 21 heavy (non-hydrogen) atoms. The number of hydrogen-bond donors (Lipinski definition) is 1. The van der Waals surface area contributed by atoms with Crippen LogP contribution in [-0.4, -0.2) is 16.2 Å². The SMILES string of the molecule is Fc1cc(Br)cc(Oc2ccc(CNC3CC3)nn2)c1F. The smallest absolute Gasteiger partial charge is 0.239 e. The van der Waals surface area contributed by atoms with E-state index < -0.39 is 11.6 Å². The lowest BCUT2D eigenvalue weighted by Crippen LogP contribution is -2.16. The molecule has 7 heteroatoms. The van der Waals surface area contributed by atoms with E-state index in [1.807, 2.05) is 0 Å². The number of ether oxygens (including phenoxy) is 1. The number of nitrogens with one attached hydrogen (secondary N) is 1. The van der Waals surface area contributed by atoms with Gasteiger partial charge in [0.1, 0.15) is 0 Å². The quantitative estimate of drug-likeness (QED) is 0.833. The molecule has 1 aliphatic carbocycles. The number of benzene rings is 1. The monoisotopic (exact) mass is 355 g/mol. The normalized spacial score (nSPS) is 14.2. The molecular weight excluding hydrogens is 344 g/mol. The molecule has 3 rings (SSSR count). The van der Waals surface area contributed by atoms with Crippen LogP contribution in [0.3, 0.4) is 0 Å². The Hall–Kier alpha value is -1.60. The van der Waals surface area contributed by atoms with Crippen molar-refractivity contribution < 1.29 is 13.5 Å². The predicted octanol–water partition coefficient (Wildman–Crippen LogP) is 3.56. The lowest BCUT2D eigenvalue weighted by Gasteiger charge is -2.07. The van der Waals surface area contributed by atoms with Gasteiger partial charge in [0, 0.05) is 23.1 Å². The fraction of sp³-hybridized carbons (Fsp3) is 0.286. The number of aromatic nitrogens is 2. The van der Waals surface area contributed by atoms with Crippen molar-refractivity contribution in [1.29, 1.82) is 0 Å². The lowest BCUT2D eigenvalue weighted by atomic mass is 10.3. The molecule has 0 amide bonds. The van der Waals surface area contributed by atoms with Gasteiger partial charge in [-0.2, -0.15) is 9.49 Å². The standard InChI is InChI=1S/C14H12BrF2N3O/c15-8-5-11(16)14(17)12(6-8)21-13-4-3-10(19-20-13)7-18-9-1-2-9/h3-6,9,18H,1-2,7H2.